The van der Waals surface area contributed by atoms with Gasteiger partial charge < -0.3 is 14.2 Å². The maximum atomic E-state index is 13.2. The van der Waals surface area contributed by atoms with E-state index < -0.39 is 0 Å². The standard InChI is InChI=1S/C21H25N3O3/c25-21(24-10-4-5-11-24)19-15-9-8-14(12-15)18(19)20-22-17(23-27-20)13-26-16-6-2-1-3-7-16/h1-3,6-7,14-15,18-19H,4-5,8-13H2/t14-,15+,18+,19+/m1/s1. The third-order valence-corrected chi connectivity index (χ3v) is 6.50. The van der Waals surface area contributed by atoms with Gasteiger partial charge in [-0.3, -0.25) is 4.79 Å². The van der Waals surface area contributed by atoms with Crippen LogP contribution in [0.5, 0.6) is 5.75 Å². The Morgan fingerprint density at radius 1 is 1.15 bits per heavy atom. The molecule has 27 heavy (non-hydrogen) atoms. The minimum Gasteiger partial charge on any atom is -0.485 e. The van der Waals surface area contributed by atoms with Crippen LogP contribution >= 0.6 is 0 Å². The van der Waals surface area contributed by atoms with Crippen molar-refractivity contribution in [3.63, 3.8) is 0 Å². The molecule has 6 heteroatoms. The van der Waals surface area contributed by atoms with E-state index in [0.29, 0.717) is 29.5 Å². The highest BCUT2D eigenvalue weighted by Gasteiger charge is 2.54. The Kier molecular flexibility index (Phi) is 4.34. The van der Waals surface area contributed by atoms with Crippen LogP contribution in [0.25, 0.3) is 0 Å². The Labute approximate surface area is 158 Å². The van der Waals surface area contributed by atoms with E-state index in [1.54, 1.807) is 0 Å². The second-order valence-corrected chi connectivity index (χ2v) is 8.07. The predicted octanol–water partition coefficient (Wildman–Crippen LogP) is 3.40. The van der Waals surface area contributed by atoms with Crippen molar-refractivity contribution in [2.45, 2.75) is 44.6 Å². The van der Waals surface area contributed by atoms with Gasteiger partial charge in [0.1, 0.15) is 5.75 Å². The minimum absolute atomic E-state index is 0.0187. The van der Waals surface area contributed by atoms with Gasteiger partial charge in [0.15, 0.2) is 6.61 Å². The van der Waals surface area contributed by atoms with Crippen molar-refractivity contribution >= 4 is 5.91 Å². The van der Waals surface area contributed by atoms with E-state index in [4.69, 9.17) is 9.26 Å². The Morgan fingerprint density at radius 2 is 1.93 bits per heavy atom. The molecule has 1 amide bonds. The maximum absolute atomic E-state index is 13.2. The number of hydrogen-bond donors (Lipinski definition) is 0. The summed E-state index contributed by atoms with van der Waals surface area (Å²) in [5.74, 6) is 3.34. The van der Waals surface area contributed by atoms with Crippen LogP contribution in [-0.2, 0) is 11.4 Å². The predicted molar refractivity (Wildman–Crippen MR) is 97.9 cm³/mol. The number of carbonyl (C=O) groups excluding carboxylic acids is 1. The molecule has 3 fully saturated rings. The Bertz CT molecular complexity index is 800. The smallest absolute Gasteiger partial charge is 0.230 e. The first-order valence-corrected chi connectivity index (χ1v) is 10.1. The summed E-state index contributed by atoms with van der Waals surface area (Å²) in [7, 11) is 0. The summed E-state index contributed by atoms with van der Waals surface area (Å²) in [4.78, 5) is 19.8. The fourth-order valence-corrected chi connectivity index (χ4v) is 5.28. The van der Waals surface area contributed by atoms with Crippen molar-refractivity contribution in [2.24, 2.45) is 17.8 Å². The summed E-state index contributed by atoms with van der Waals surface area (Å²) in [5, 5.41) is 4.11. The number of likely N-dealkylation sites (tertiary alicyclic amines) is 1. The van der Waals surface area contributed by atoms with Crippen LogP contribution in [0.3, 0.4) is 0 Å². The van der Waals surface area contributed by atoms with Gasteiger partial charge in [-0.25, -0.2) is 0 Å². The average Bonchev–Trinajstić information content (AvgIpc) is 3.50. The number of rotatable bonds is 5. The second-order valence-electron chi connectivity index (χ2n) is 8.07. The lowest BCUT2D eigenvalue weighted by molar-refractivity contribution is -0.137. The van der Waals surface area contributed by atoms with E-state index in [1.807, 2.05) is 35.2 Å². The van der Waals surface area contributed by atoms with E-state index in [9.17, 15) is 4.79 Å². The summed E-state index contributed by atoms with van der Waals surface area (Å²) in [6.45, 7) is 2.08. The summed E-state index contributed by atoms with van der Waals surface area (Å²) >= 11 is 0. The van der Waals surface area contributed by atoms with Gasteiger partial charge in [-0.15, -0.1) is 0 Å². The molecule has 2 heterocycles. The Balaban J connectivity index is 1.32. The molecule has 2 bridgehead atoms. The molecule has 2 aromatic rings. The summed E-state index contributed by atoms with van der Waals surface area (Å²) in [6, 6.07) is 9.62. The van der Waals surface area contributed by atoms with E-state index >= 15 is 0 Å². The monoisotopic (exact) mass is 367 g/mol. The quantitative estimate of drug-likeness (QED) is 0.810. The number of fused-ring (bicyclic) bond motifs is 2. The average molecular weight is 367 g/mol. The normalized spacial score (nSPS) is 29.4. The molecule has 6 nitrogen and oxygen atoms in total. The van der Waals surface area contributed by atoms with Crippen molar-refractivity contribution in [1.29, 1.82) is 0 Å². The number of nitrogens with zero attached hydrogens (tertiary/aromatic N) is 3. The first-order chi connectivity index (χ1) is 13.3. The molecule has 142 valence electrons. The van der Waals surface area contributed by atoms with Crippen molar-refractivity contribution < 1.29 is 14.1 Å². The van der Waals surface area contributed by atoms with Crippen molar-refractivity contribution in [3.05, 3.63) is 42.0 Å². The lowest BCUT2D eigenvalue weighted by atomic mass is 9.78. The molecule has 1 aromatic carbocycles. The second kappa shape index (κ2) is 6.98. The molecule has 0 radical (unpaired) electrons. The molecule has 1 aliphatic heterocycles. The lowest BCUT2D eigenvalue weighted by Crippen LogP contribution is -2.39. The van der Waals surface area contributed by atoms with Crippen LogP contribution in [-0.4, -0.2) is 34.0 Å². The first kappa shape index (κ1) is 16.8. The summed E-state index contributed by atoms with van der Waals surface area (Å²) < 4.78 is 11.3. The third-order valence-electron chi connectivity index (χ3n) is 6.50. The molecule has 1 saturated heterocycles. The highest BCUT2D eigenvalue weighted by Crippen LogP contribution is 2.57. The highest BCUT2D eigenvalue weighted by molar-refractivity contribution is 5.81. The summed E-state index contributed by atoms with van der Waals surface area (Å²) in [6.07, 6.45) is 5.69. The molecule has 5 rings (SSSR count). The Morgan fingerprint density at radius 3 is 2.74 bits per heavy atom. The fourth-order valence-electron chi connectivity index (χ4n) is 5.28. The van der Waals surface area contributed by atoms with Gasteiger partial charge in [-0.1, -0.05) is 23.4 Å². The van der Waals surface area contributed by atoms with Crippen LogP contribution in [0.2, 0.25) is 0 Å². The van der Waals surface area contributed by atoms with Gasteiger partial charge in [0.2, 0.25) is 17.6 Å². The molecule has 1 aromatic heterocycles. The van der Waals surface area contributed by atoms with Gasteiger partial charge >= 0.3 is 0 Å². The molecule has 0 unspecified atom stereocenters. The zero-order valence-electron chi connectivity index (χ0n) is 15.4. The number of aromatic nitrogens is 2. The fraction of sp³-hybridized carbons (Fsp3) is 0.571. The molecule has 0 spiro atoms. The van der Waals surface area contributed by atoms with Gasteiger partial charge in [0.05, 0.1) is 11.8 Å². The van der Waals surface area contributed by atoms with E-state index in [1.165, 1.54) is 0 Å². The van der Waals surface area contributed by atoms with Crippen molar-refractivity contribution in [1.82, 2.24) is 15.0 Å². The Hall–Kier alpha value is -2.37. The number of carbonyl (C=O) groups is 1. The molecule has 3 aliphatic rings. The van der Waals surface area contributed by atoms with E-state index in [0.717, 1.165) is 50.9 Å². The van der Waals surface area contributed by atoms with Crippen LogP contribution in [0.4, 0.5) is 0 Å². The lowest BCUT2D eigenvalue weighted by Gasteiger charge is -2.30. The number of para-hydroxylation sites is 1. The largest absolute Gasteiger partial charge is 0.485 e. The van der Waals surface area contributed by atoms with Crippen LogP contribution < -0.4 is 4.74 Å². The van der Waals surface area contributed by atoms with Gasteiger partial charge in [0, 0.05) is 13.1 Å². The summed E-state index contributed by atoms with van der Waals surface area (Å²) in [5.41, 5.74) is 0. The van der Waals surface area contributed by atoms with E-state index in [-0.39, 0.29) is 18.4 Å². The SMILES string of the molecule is O=C([C@H]1[C@H]2CC[C@H](C2)[C@@H]1c1nc(COc2ccccc2)no1)N1CCCC1. The van der Waals surface area contributed by atoms with Gasteiger partial charge in [-0.2, -0.15) is 4.98 Å². The molecule has 4 atom stereocenters. The maximum Gasteiger partial charge on any atom is 0.230 e. The minimum atomic E-state index is 0.0187. The van der Waals surface area contributed by atoms with Crippen LogP contribution in [0, 0.1) is 17.8 Å². The highest BCUT2D eigenvalue weighted by atomic mass is 16.5. The van der Waals surface area contributed by atoms with E-state index in [2.05, 4.69) is 10.1 Å². The molecule has 2 aliphatic carbocycles. The number of ether oxygens (including phenoxy) is 1. The molecule has 0 N–H and O–H groups in total. The molecular formula is C21H25N3O3. The number of hydrogen-bond acceptors (Lipinski definition) is 5. The number of amides is 1. The zero-order chi connectivity index (χ0) is 18.2. The topological polar surface area (TPSA) is 68.5 Å². The molecular weight excluding hydrogens is 342 g/mol. The first-order valence-electron chi connectivity index (χ1n) is 10.1. The number of benzene rings is 1. The van der Waals surface area contributed by atoms with Crippen molar-refractivity contribution in [3.8, 4) is 5.75 Å². The van der Waals surface area contributed by atoms with Crippen molar-refractivity contribution in [2.75, 3.05) is 13.1 Å². The van der Waals surface area contributed by atoms with Gasteiger partial charge in [-0.05, 0) is 56.1 Å². The third kappa shape index (κ3) is 3.11. The zero-order valence-corrected chi connectivity index (χ0v) is 15.4. The van der Waals surface area contributed by atoms with Gasteiger partial charge in [0.25, 0.3) is 0 Å². The molecule has 2 saturated carbocycles. The van der Waals surface area contributed by atoms with Crippen LogP contribution in [0.1, 0.15) is 49.7 Å². The van der Waals surface area contributed by atoms with Crippen LogP contribution in [0.15, 0.2) is 34.9 Å².